The fourth-order valence-electron chi connectivity index (χ4n) is 7.71. The number of rotatable bonds is 42. The lowest BCUT2D eigenvalue weighted by molar-refractivity contribution is -0.302. The maximum absolute atomic E-state index is 13.0. The molecule has 1 saturated heterocycles. The molecule has 1 aliphatic rings. The summed E-state index contributed by atoms with van der Waals surface area (Å²) in [7, 11) is 0. The summed E-state index contributed by atoms with van der Waals surface area (Å²) in [5, 5.41) is 54.3. The topological polar surface area (TPSA) is 149 Å². The quantitative estimate of drug-likeness (QED) is 0.0262. The monoisotopic (exact) mass is 886 g/mol. The molecule has 0 aromatic heterocycles. The van der Waals surface area contributed by atoms with Gasteiger partial charge >= 0.3 is 0 Å². The number of carbonyl (C=O) groups excluding carboxylic acids is 1. The lowest BCUT2D eigenvalue weighted by Crippen LogP contribution is -2.60. The van der Waals surface area contributed by atoms with Crippen LogP contribution >= 0.6 is 0 Å². The smallest absolute Gasteiger partial charge is 0.220 e. The molecule has 63 heavy (non-hydrogen) atoms. The van der Waals surface area contributed by atoms with Gasteiger partial charge in [0.15, 0.2) is 6.29 Å². The first-order valence-corrected chi connectivity index (χ1v) is 25.7. The number of aliphatic hydroxyl groups is 5. The zero-order valence-electron chi connectivity index (χ0n) is 40.1. The first-order valence-electron chi connectivity index (χ1n) is 25.7. The average molecular weight is 886 g/mol. The summed E-state index contributed by atoms with van der Waals surface area (Å²) in [6.45, 7) is 3.64. The van der Waals surface area contributed by atoms with Crippen molar-refractivity contribution in [3.63, 3.8) is 0 Å². The van der Waals surface area contributed by atoms with Crippen LogP contribution < -0.4 is 5.32 Å². The van der Waals surface area contributed by atoms with E-state index in [0.717, 1.165) is 70.6 Å². The van der Waals surface area contributed by atoms with Crippen LogP contribution in [0.5, 0.6) is 0 Å². The Morgan fingerprint density at radius 1 is 0.556 bits per heavy atom. The van der Waals surface area contributed by atoms with Crippen LogP contribution in [0.15, 0.2) is 72.9 Å². The number of ether oxygens (including phenoxy) is 2. The molecule has 6 N–H and O–H groups in total. The summed E-state index contributed by atoms with van der Waals surface area (Å²) in [6, 6.07) is -0.826. The van der Waals surface area contributed by atoms with Crippen LogP contribution in [-0.4, -0.2) is 87.5 Å². The highest BCUT2D eigenvalue weighted by Gasteiger charge is 2.44. The molecule has 1 aliphatic heterocycles. The Labute approximate surface area is 385 Å². The van der Waals surface area contributed by atoms with Crippen molar-refractivity contribution in [2.75, 3.05) is 13.2 Å². The van der Waals surface area contributed by atoms with E-state index in [4.69, 9.17) is 9.47 Å². The van der Waals surface area contributed by atoms with Crippen molar-refractivity contribution in [3.05, 3.63) is 72.9 Å². The third-order valence-electron chi connectivity index (χ3n) is 11.8. The highest BCUT2D eigenvalue weighted by molar-refractivity contribution is 5.76. The Kier molecular flexibility index (Phi) is 40.5. The van der Waals surface area contributed by atoms with Gasteiger partial charge in [-0.2, -0.15) is 0 Å². The van der Waals surface area contributed by atoms with E-state index in [2.05, 4.69) is 79.9 Å². The van der Waals surface area contributed by atoms with Crippen molar-refractivity contribution >= 4 is 5.91 Å². The van der Waals surface area contributed by atoms with Gasteiger partial charge in [-0.15, -0.1) is 0 Å². The summed E-state index contributed by atoms with van der Waals surface area (Å²) in [5.74, 6) is -0.210. The molecule has 0 saturated carbocycles. The van der Waals surface area contributed by atoms with Crippen LogP contribution in [0.2, 0.25) is 0 Å². The van der Waals surface area contributed by atoms with Gasteiger partial charge in [-0.05, 0) is 64.2 Å². The van der Waals surface area contributed by atoms with Gasteiger partial charge in [0.1, 0.15) is 24.4 Å². The van der Waals surface area contributed by atoms with Crippen molar-refractivity contribution in [1.82, 2.24) is 5.32 Å². The van der Waals surface area contributed by atoms with Crippen molar-refractivity contribution in [1.29, 1.82) is 0 Å². The minimum atomic E-state index is -1.58. The molecule has 1 amide bonds. The lowest BCUT2D eigenvalue weighted by atomic mass is 9.99. The minimum Gasteiger partial charge on any atom is -0.394 e. The van der Waals surface area contributed by atoms with Gasteiger partial charge in [0.25, 0.3) is 0 Å². The number of carbonyl (C=O) groups is 1. The SMILES string of the molecule is CC/C=C\C/C=C\C/C=C\C/C=C\C/C=C\CCCCCC(=O)NC(COC1OC(CO)C(O)C(O)C1O)C(O)/C=C/CCCCCCCCCCCCCCCCCCCCC. The van der Waals surface area contributed by atoms with Crippen molar-refractivity contribution in [2.45, 2.75) is 249 Å². The number of hydrogen-bond donors (Lipinski definition) is 6. The minimum absolute atomic E-state index is 0.205. The Morgan fingerprint density at radius 2 is 0.984 bits per heavy atom. The third kappa shape index (κ3) is 33.7. The van der Waals surface area contributed by atoms with Crippen molar-refractivity contribution < 1.29 is 39.8 Å². The molecular weight excluding hydrogens is 791 g/mol. The number of hydrogen-bond acceptors (Lipinski definition) is 8. The summed E-state index contributed by atoms with van der Waals surface area (Å²) in [6.07, 6.45) is 52.3. The summed E-state index contributed by atoms with van der Waals surface area (Å²) in [5.41, 5.74) is 0. The van der Waals surface area contributed by atoms with Gasteiger partial charge in [-0.1, -0.05) is 209 Å². The van der Waals surface area contributed by atoms with Crippen LogP contribution in [0.4, 0.5) is 0 Å². The molecule has 0 spiro atoms. The van der Waals surface area contributed by atoms with Crippen LogP contribution in [0.25, 0.3) is 0 Å². The van der Waals surface area contributed by atoms with E-state index in [1.54, 1.807) is 6.08 Å². The molecule has 0 radical (unpaired) electrons. The number of allylic oxidation sites excluding steroid dienone is 11. The molecule has 1 fully saturated rings. The average Bonchev–Trinajstić information content (AvgIpc) is 3.28. The molecule has 364 valence electrons. The molecule has 0 aromatic carbocycles. The second-order valence-electron chi connectivity index (χ2n) is 17.6. The van der Waals surface area contributed by atoms with Crippen LogP contribution in [0.1, 0.15) is 206 Å². The van der Waals surface area contributed by atoms with E-state index < -0.39 is 49.5 Å². The number of amides is 1. The van der Waals surface area contributed by atoms with Crippen LogP contribution in [0, 0.1) is 0 Å². The molecule has 9 heteroatoms. The van der Waals surface area contributed by atoms with E-state index in [1.807, 2.05) is 6.08 Å². The molecule has 0 aromatic rings. The van der Waals surface area contributed by atoms with Gasteiger partial charge in [-0.25, -0.2) is 0 Å². The Morgan fingerprint density at radius 3 is 1.46 bits per heavy atom. The summed E-state index contributed by atoms with van der Waals surface area (Å²) < 4.78 is 11.2. The highest BCUT2D eigenvalue weighted by Crippen LogP contribution is 2.23. The van der Waals surface area contributed by atoms with Gasteiger partial charge in [0, 0.05) is 6.42 Å². The second kappa shape index (κ2) is 43.5. The molecule has 7 atom stereocenters. The lowest BCUT2D eigenvalue weighted by Gasteiger charge is -2.40. The van der Waals surface area contributed by atoms with E-state index >= 15 is 0 Å². The van der Waals surface area contributed by atoms with Gasteiger partial charge < -0.3 is 40.3 Å². The molecule has 1 rings (SSSR count). The maximum Gasteiger partial charge on any atom is 0.220 e. The zero-order chi connectivity index (χ0) is 45.9. The number of nitrogens with one attached hydrogen (secondary N) is 1. The molecule has 1 heterocycles. The normalized spacial score (nSPS) is 20.8. The van der Waals surface area contributed by atoms with Crippen LogP contribution in [0.3, 0.4) is 0 Å². The first kappa shape index (κ1) is 58.6. The largest absolute Gasteiger partial charge is 0.394 e. The second-order valence-corrected chi connectivity index (χ2v) is 17.6. The van der Waals surface area contributed by atoms with Gasteiger partial charge in [0.05, 0.1) is 25.4 Å². The zero-order valence-corrected chi connectivity index (χ0v) is 40.1. The predicted molar refractivity (Wildman–Crippen MR) is 262 cm³/mol. The predicted octanol–water partition coefficient (Wildman–Crippen LogP) is 11.7. The van der Waals surface area contributed by atoms with Crippen molar-refractivity contribution in [3.8, 4) is 0 Å². The van der Waals surface area contributed by atoms with E-state index in [1.165, 1.54) is 109 Å². The third-order valence-corrected chi connectivity index (χ3v) is 11.8. The fourth-order valence-corrected chi connectivity index (χ4v) is 7.71. The summed E-state index contributed by atoms with van der Waals surface area (Å²) in [4.78, 5) is 13.0. The fraction of sp³-hybridized carbons (Fsp3) is 0.759. The van der Waals surface area contributed by atoms with Crippen LogP contribution in [-0.2, 0) is 14.3 Å². The van der Waals surface area contributed by atoms with Crippen molar-refractivity contribution in [2.24, 2.45) is 0 Å². The Bertz CT molecular complexity index is 1210. The summed E-state index contributed by atoms with van der Waals surface area (Å²) >= 11 is 0. The molecule has 9 nitrogen and oxygen atoms in total. The van der Waals surface area contributed by atoms with E-state index in [-0.39, 0.29) is 12.5 Å². The Balaban J connectivity index is 2.34. The number of aliphatic hydroxyl groups excluding tert-OH is 5. The Hall–Kier alpha value is -2.37. The number of unbranched alkanes of at least 4 members (excludes halogenated alkanes) is 22. The molecular formula is C54H95NO8. The first-order chi connectivity index (χ1) is 30.8. The van der Waals surface area contributed by atoms with Gasteiger partial charge in [0.2, 0.25) is 5.91 Å². The molecule has 0 aliphatic carbocycles. The van der Waals surface area contributed by atoms with Gasteiger partial charge in [-0.3, -0.25) is 4.79 Å². The maximum atomic E-state index is 13.0. The molecule has 0 bridgehead atoms. The molecule has 7 unspecified atom stereocenters. The van der Waals surface area contributed by atoms with E-state index in [0.29, 0.717) is 12.8 Å². The highest BCUT2D eigenvalue weighted by atomic mass is 16.7. The standard InChI is InChI=1S/C54H95NO8/c1-3-5-7-9-11-13-15-17-19-21-23-24-26-27-29-31-33-35-37-39-41-43-48(57)47(46-62-54-53(61)52(60)51(59)49(45-56)63-54)55-50(58)44-42-40-38-36-34-32-30-28-25-22-20-18-16-14-12-10-8-6-4-2/h6,8,12,14,18,20,25,28,32,34,41,43,47-49,51-54,56-57,59-61H,3-5,7,9-11,13,15-17,19,21-24,26-27,29-31,33,35-40,42,44-46H2,1-2H3,(H,55,58)/b8-6-,14-12-,20-18-,28-25-,34-32-,43-41+. The van der Waals surface area contributed by atoms with E-state index in [9.17, 15) is 30.3 Å².